The van der Waals surface area contributed by atoms with Crippen LogP contribution in [0.1, 0.15) is 25.1 Å². The number of carbonyl (C=O) groups excluding carboxylic acids is 2. The molecule has 3 rings (SSSR count). The Morgan fingerprint density at radius 3 is 2.92 bits per heavy atom. The van der Waals surface area contributed by atoms with Crippen molar-refractivity contribution in [3.05, 3.63) is 40.6 Å². The molecule has 0 bridgehead atoms. The molecule has 0 radical (unpaired) electrons. The third-order valence-electron chi connectivity index (χ3n) is 3.81. The van der Waals surface area contributed by atoms with Crippen LogP contribution in [0.5, 0.6) is 5.75 Å². The summed E-state index contributed by atoms with van der Waals surface area (Å²) in [7, 11) is 0. The van der Waals surface area contributed by atoms with Gasteiger partial charge in [0, 0.05) is 17.1 Å². The van der Waals surface area contributed by atoms with E-state index in [2.05, 4.69) is 5.32 Å². The first kappa shape index (κ1) is 16.5. The van der Waals surface area contributed by atoms with Crippen LogP contribution in [0.15, 0.2) is 35.7 Å². The number of rotatable bonds is 5. The predicted molar refractivity (Wildman–Crippen MR) is 95.8 cm³/mol. The van der Waals surface area contributed by atoms with E-state index >= 15 is 0 Å². The minimum atomic E-state index is -0.483. The molecule has 1 aromatic heterocycles. The maximum atomic E-state index is 12.3. The molecular formula is C18H20N2O3S. The first-order valence-corrected chi connectivity index (χ1v) is 8.90. The zero-order valence-electron chi connectivity index (χ0n) is 13.7. The van der Waals surface area contributed by atoms with E-state index in [0.717, 1.165) is 11.3 Å². The number of ether oxygens (including phenoxy) is 1. The lowest BCUT2D eigenvalue weighted by Crippen LogP contribution is -2.44. The van der Waals surface area contributed by atoms with E-state index in [4.69, 9.17) is 4.74 Å². The Hall–Kier alpha value is -2.34. The summed E-state index contributed by atoms with van der Waals surface area (Å²) in [5.74, 6) is 0.550. The van der Waals surface area contributed by atoms with Gasteiger partial charge in [-0.1, -0.05) is 13.0 Å². The van der Waals surface area contributed by atoms with Crippen molar-refractivity contribution in [1.82, 2.24) is 0 Å². The van der Waals surface area contributed by atoms with Crippen molar-refractivity contribution in [2.75, 3.05) is 16.8 Å². The molecule has 1 aliphatic heterocycles. The standard InChI is InChI=1S/C18H20N2O3S/c1-3-8-20-15-10-13(6-7-16(15)23-12(2)18(20)22)19-17(21)11-14-5-4-9-24-14/h4-7,9-10,12H,3,8,11H2,1-2H3,(H,19,21). The average molecular weight is 344 g/mol. The summed E-state index contributed by atoms with van der Waals surface area (Å²) >= 11 is 1.56. The quantitative estimate of drug-likeness (QED) is 0.904. The number of anilines is 2. The van der Waals surface area contributed by atoms with Crippen LogP contribution in [0.25, 0.3) is 0 Å². The number of hydrogen-bond acceptors (Lipinski definition) is 4. The zero-order valence-corrected chi connectivity index (χ0v) is 14.6. The van der Waals surface area contributed by atoms with Gasteiger partial charge in [-0.15, -0.1) is 11.3 Å². The molecule has 126 valence electrons. The van der Waals surface area contributed by atoms with Crippen molar-refractivity contribution in [2.24, 2.45) is 0 Å². The van der Waals surface area contributed by atoms with E-state index in [1.807, 2.05) is 30.5 Å². The topological polar surface area (TPSA) is 58.6 Å². The monoisotopic (exact) mass is 344 g/mol. The summed E-state index contributed by atoms with van der Waals surface area (Å²) < 4.78 is 5.66. The summed E-state index contributed by atoms with van der Waals surface area (Å²) in [5, 5.41) is 4.85. The van der Waals surface area contributed by atoms with Crippen LogP contribution in [-0.4, -0.2) is 24.5 Å². The molecule has 0 spiro atoms. The zero-order chi connectivity index (χ0) is 17.1. The van der Waals surface area contributed by atoms with Gasteiger partial charge in [0.05, 0.1) is 12.1 Å². The molecular weight excluding hydrogens is 324 g/mol. The molecule has 5 nitrogen and oxygen atoms in total. The highest BCUT2D eigenvalue weighted by atomic mass is 32.1. The van der Waals surface area contributed by atoms with E-state index < -0.39 is 6.10 Å². The van der Waals surface area contributed by atoms with Crippen LogP contribution >= 0.6 is 11.3 Å². The van der Waals surface area contributed by atoms with Crippen molar-refractivity contribution in [1.29, 1.82) is 0 Å². The molecule has 1 N–H and O–H groups in total. The summed E-state index contributed by atoms with van der Waals surface area (Å²) in [4.78, 5) is 27.2. The SMILES string of the molecule is CCCN1C(=O)C(C)Oc2ccc(NC(=O)Cc3cccs3)cc21. The molecule has 24 heavy (non-hydrogen) atoms. The molecule has 1 aliphatic rings. The number of thiophene rings is 1. The van der Waals surface area contributed by atoms with Gasteiger partial charge in [0.1, 0.15) is 5.75 Å². The molecule has 2 aromatic rings. The predicted octanol–water partition coefficient (Wildman–Crippen LogP) is 3.45. The molecule has 0 aliphatic carbocycles. The Balaban J connectivity index is 1.79. The molecule has 0 fully saturated rings. The summed E-state index contributed by atoms with van der Waals surface area (Å²) in [5.41, 5.74) is 1.39. The fourth-order valence-corrected chi connectivity index (χ4v) is 3.42. The number of nitrogens with one attached hydrogen (secondary N) is 1. The van der Waals surface area contributed by atoms with Gasteiger partial charge in [-0.25, -0.2) is 0 Å². The Bertz CT molecular complexity index is 743. The average Bonchev–Trinajstić information content (AvgIpc) is 3.05. The van der Waals surface area contributed by atoms with Gasteiger partial charge in [0.2, 0.25) is 5.91 Å². The molecule has 1 aromatic carbocycles. The van der Waals surface area contributed by atoms with Gasteiger partial charge in [-0.05, 0) is 43.0 Å². The van der Waals surface area contributed by atoms with Gasteiger partial charge < -0.3 is 15.0 Å². The molecule has 0 saturated heterocycles. The van der Waals surface area contributed by atoms with E-state index in [1.165, 1.54) is 0 Å². The fraction of sp³-hybridized carbons (Fsp3) is 0.333. The molecule has 2 amide bonds. The third kappa shape index (κ3) is 3.43. The molecule has 1 atom stereocenters. The number of fused-ring (bicyclic) bond motifs is 1. The lowest BCUT2D eigenvalue weighted by molar-refractivity contribution is -0.125. The second kappa shape index (κ2) is 7.05. The highest BCUT2D eigenvalue weighted by Crippen LogP contribution is 2.36. The molecule has 2 heterocycles. The van der Waals surface area contributed by atoms with E-state index in [0.29, 0.717) is 30.1 Å². The van der Waals surface area contributed by atoms with E-state index in [9.17, 15) is 9.59 Å². The highest BCUT2D eigenvalue weighted by Gasteiger charge is 2.31. The van der Waals surface area contributed by atoms with Crippen molar-refractivity contribution >= 4 is 34.5 Å². The van der Waals surface area contributed by atoms with Crippen molar-refractivity contribution < 1.29 is 14.3 Å². The second-order valence-corrected chi connectivity index (χ2v) is 6.77. The third-order valence-corrected chi connectivity index (χ3v) is 4.69. The van der Waals surface area contributed by atoms with Crippen molar-refractivity contribution in [2.45, 2.75) is 32.8 Å². The van der Waals surface area contributed by atoms with Crippen LogP contribution < -0.4 is 15.0 Å². The van der Waals surface area contributed by atoms with Gasteiger partial charge >= 0.3 is 0 Å². The summed E-state index contributed by atoms with van der Waals surface area (Å²) in [6.07, 6.45) is 0.718. The Morgan fingerprint density at radius 1 is 1.38 bits per heavy atom. The van der Waals surface area contributed by atoms with E-state index in [1.54, 1.807) is 35.3 Å². The van der Waals surface area contributed by atoms with Gasteiger partial charge in [0.15, 0.2) is 6.10 Å². The second-order valence-electron chi connectivity index (χ2n) is 5.74. The fourth-order valence-electron chi connectivity index (χ4n) is 2.72. The number of nitrogens with zero attached hydrogens (tertiary/aromatic N) is 1. The minimum absolute atomic E-state index is 0.0496. The largest absolute Gasteiger partial charge is 0.479 e. The maximum Gasteiger partial charge on any atom is 0.267 e. The van der Waals surface area contributed by atoms with Crippen LogP contribution in [0, 0.1) is 0 Å². The Labute approximate surface area is 145 Å². The lowest BCUT2D eigenvalue weighted by Gasteiger charge is -2.33. The summed E-state index contributed by atoms with van der Waals surface area (Å²) in [6, 6.07) is 9.29. The molecule has 1 unspecified atom stereocenters. The Kier molecular flexibility index (Phi) is 4.85. The number of carbonyl (C=O) groups is 2. The molecule has 0 saturated carbocycles. The van der Waals surface area contributed by atoms with Gasteiger partial charge in [0.25, 0.3) is 5.91 Å². The Morgan fingerprint density at radius 2 is 2.21 bits per heavy atom. The van der Waals surface area contributed by atoms with Gasteiger partial charge in [-0.2, -0.15) is 0 Å². The lowest BCUT2D eigenvalue weighted by atomic mass is 10.1. The first-order valence-electron chi connectivity index (χ1n) is 8.02. The number of hydrogen-bond donors (Lipinski definition) is 1. The van der Waals surface area contributed by atoms with Crippen molar-refractivity contribution in [3.8, 4) is 5.75 Å². The van der Waals surface area contributed by atoms with Crippen LogP contribution in [0.4, 0.5) is 11.4 Å². The van der Waals surface area contributed by atoms with E-state index in [-0.39, 0.29) is 11.8 Å². The highest BCUT2D eigenvalue weighted by molar-refractivity contribution is 7.10. The smallest absolute Gasteiger partial charge is 0.267 e. The minimum Gasteiger partial charge on any atom is -0.479 e. The van der Waals surface area contributed by atoms with Crippen LogP contribution in [-0.2, 0) is 16.0 Å². The normalized spacial score (nSPS) is 16.5. The molecule has 6 heteroatoms. The first-order chi connectivity index (χ1) is 11.6. The number of amides is 2. The maximum absolute atomic E-state index is 12.3. The van der Waals surface area contributed by atoms with Gasteiger partial charge in [-0.3, -0.25) is 9.59 Å². The van der Waals surface area contributed by atoms with Crippen LogP contribution in [0.3, 0.4) is 0 Å². The summed E-state index contributed by atoms with van der Waals surface area (Å²) in [6.45, 7) is 4.41. The number of benzene rings is 1. The van der Waals surface area contributed by atoms with Crippen LogP contribution in [0.2, 0.25) is 0 Å². The van der Waals surface area contributed by atoms with Crippen molar-refractivity contribution in [3.63, 3.8) is 0 Å².